The minimum Gasteiger partial charge on any atom is -0.478 e. The lowest BCUT2D eigenvalue weighted by molar-refractivity contribution is -0.390. The van der Waals surface area contributed by atoms with E-state index in [0.717, 1.165) is 12.2 Å². The topological polar surface area (TPSA) is 98.3 Å². The van der Waals surface area contributed by atoms with Crippen molar-refractivity contribution in [3.05, 3.63) is 28.0 Å². The molecule has 1 aromatic rings. The monoisotopic (exact) mass is 247 g/mol. The number of hydrogen-bond donors (Lipinski definition) is 1. The van der Waals surface area contributed by atoms with Gasteiger partial charge in [0.2, 0.25) is 0 Å². The van der Waals surface area contributed by atoms with Crippen LogP contribution in [0.15, 0.2) is 12.3 Å². The van der Waals surface area contributed by atoms with Crippen LogP contribution in [0.3, 0.4) is 0 Å². The van der Waals surface area contributed by atoms with Gasteiger partial charge in [0, 0.05) is 6.08 Å². The maximum absolute atomic E-state index is 10.5. The number of nitrogens with zero attached hydrogens (tertiary/aromatic N) is 3. The number of aryl methyl sites for hydroxylation is 1. The average molecular weight is 248 g/mol. The van der Waals surface area contributed by atoms with Crippen molar-refractivity contribution in [3.63, 3.8) is 0 Å². The number of carboxylic acid groups (broad SMARTS) is 1. The van der Waals surface area contributed by atoms with Gasteiger partial charge in [0.05, 0.1) is 23.4 Å². The molecule has 7 nitrogen and oxygen atoms in total. The summed E-state index contributed by atoms with van der Waals surface area (Å²) < 4.78 is 1.37. The highest BCUT2D eigenvalue weighted by molar-refractivity contribution is 5.86. The second-order valence-electron chi connectivity index (χ2n) is 2.69. The van der Waals surface area contributed by atoms with E-state index in [2.05, 4.69) is 5.10 Å². The fourth-order valence-corrected chi connectivity index (χ4v) is 1.01. The molecule has 0 saturated carbocycles. The lowest BCUT2D eigenvalue weighted by Gasteiger charge is -1.87. The average Bonchev–Trinajstić information content (AvgIpc) is 2.57. The Kier molecular flexibility index (Phi) is 5.17. The van der Waals surface area contributed by atoms with Crippen LogP contribution in [0.4, 0.5) is 5.82 Å². The van der Waals surface area contributed by atoms with Crippen molar-refractivity contribution >= 4 is 30.3 Å². The third-order valence-corrected chi connectivity index (χ3v) is 1.67. The van der Waals surface area contributed by atoms with Gasteiger partial charge in [-0.2, -0.15) is 4.68 Å². The lowest BCUT2D eigenvalue weighted by Crippen LogP contribution is -1.96. The third-order valence-electron chi connectivity index (χ3n) is 1.67. The molecule has 88 valence electrons. The third kappa shape index (κ3) is 3.35. The minimum absolute atomic E-state index is 0. The van der Waals surface area contributed by atoms with Crippen molar-refractivity contribution in [1.29, 1.82) is 0 Å². The van der Waals surface area contributed by atoms with Crippen LogP contribution >= 0.6 is 12.4 Å². The van der Waals surface area contributed by atoms with Crippen molar-refractivity contribution < 1.29 is 14.8 Å². The Balaban J connectivity index is 0.00000225. The van der Waals surface area contributed by atoms with E-state index < -0.39 is 10.9 Å². The highest BCUT2D eigenvalue weighted by Gasteiger charge is 2.17. The highest BCUT2D eigenvalue weighted by atomic mass is 35.5. The first-order valence-electron chi connectivity index (χ1n) is 4.17. The molecule has 1 rings (SSSR count). The van der Waals surface area contributed by atoms with Gasteiger partial charge in [-0.15, -0.1) is 12.4 Å². The number of rotatable bonds is 4. The lowest BCUT2D eigenvalue weighted by atomic mass is 10.3. The molecule has 0 amide bonds. The summed E-state index contributed by atoms with van der Waals surface area (Å²) >= 11 is 0. The van der Waals surface area contributed by atoms with Crippen LogP contribution in [-0.2, 0) is 11.3 Å². The molecule has 0 bridgehead atoms. The predicted molar refractivity (Wildman–Crippen MR) is 58.5 cm³/mol. The summed E-state index contributed by atoms with van der Waals surface area (Å²) in [5.74, 6) is -1.50. The number of hydrogen-bond acceptors (Lipinski definition) is 4. The molecular weight excluding hydrogens is 238 g/mol. The van der Waals surface area contributed by atoms with Crippen LogP contribution in [0.25, 0.3) is 6.08 Å². The summed E-state index contributed by atoms with van der Waals surface area (Å²) in [5, 5.41) is 22.6. The normalized spacial score (nSPS) is 10.1. The zero-order valence-corrected chi connectivity index (χ0v) is 9.18. The number of nitro groups is 1. The van der Waals surface area contributed by atoms with E-state index in [-0.39, 0.29) is 23.8 Å². The van der Waals surface area contributed by atoms with E-state index in [9.17, 15) is 14.9 Å². The quantitative estimate of drug-likeness (QED) is 0.492. The van der Waals surface area contributed by atoms with E-state index in [0.29, 0.717) is 6.54 Å². The maximum Gasteiger partial charge on any atom is 0.397 e. The Morgan fingerprint density at radius 1 is 1.75 bits per heavy atom. The van der Waals surface area contributed by atoms with Crippen molar-refractivity contribution in [2.45, 2.75) is 13.5 Å². The maximum atomic E-state index is 10.5. The van der Waals surface area contributed by atoms with Gasteiger partial charge in [0.25, 0.3) is 0 Å². The summed E-state index contributed by atoms with van der Waals surface area (Å²) in [7, 11) is 0. The van der Waals surface area contributed by atoms with Gasteiger partial charge < -0.3 is 15.2 Å². The zero-order chi connectivity index (χ0) is 11.4. The standard InChI is InChI=1S/C8H9N3O4.ClH/c1-2-10-5-6(3-4-7(12)13)8(9-10)11(14)15;/h3-5H,2H2,1H3,(H,12,13);1H. The molecule has 0 aliphatic carbocycles. The molecule has 0 saturated heterocycles. The number of aromatic nitrogens is 2. The Morgan fingerprint density at radius 2 is 2.38 bits per heavy atom. The minimum atomic E-state index is -1.16. The highest BCUT2D eigenvalue weighted by Crippen LogP contribution is 2.17. The van der Waals surface area contributed by atoms with Crippen molar-refractivity contribution in [2.75, 3.05) is 0 Å². The van der Waals surface area contributed by atoms with Gasteiger partial charge in [0.15, 0.2) is 0 Å². The first-order valence-corrected chi connectivity index (χ1v) is 4.17. The van der Waals surface area contributed by atoms with Crippen LogP contribution in [0, 0.1) is 10.1 Å². The van der Waals surface area contributed by atoms with Crippen LogP contribution in [0.2, 0.25) is 0 Å². The van der Waals surface area contributed by atoms with E-state index in [4.69, 9.17) is 5.11 Å². The predicted octanol–water partition coefficient (Wildman–Crippen LogP) is 1.33. The zero-order valence-electron chi connectivity index (χ0n) is 8.36. The summed E-state index contributed by atoms with van der Waals surface area (Å²) in [5.41, 5.74) is 0.184. The molecule has 0 spiro atoms. The molecule has 0 radical (unpaired) electrons. The largest absolute Gasteiger partial charge is 0.478 e. The molecule has 0 atom stereocenters. The second-order valence-corrected chi connectivity index (χ2v) is 2.69. The molecule has 8 heteroatoms. The molecule has 0 fully saturated rings. The second kappa shape index (κ2) is 5.86. The SMILES string of the molecule is CCn1cc(C=CC(=O)O)c([N+](=O)[O-])n1.Cl. The number of carboxylic acids is 1. The first-order chi connectivity index (χ1) is 7.04. The van der Waals surface area contributed by atoms with Crippen molar-refractivity contribution in [2.24, 2.45) is 0 Å². The summed E-state index contributed by atoms with van der Waals surface area (Å²) in [4.78, 5) is 20.1. The first kappa shape index (κ1) is 14.1. The molecule has 0 aliphatic rings. The van der Waals surface area contributed by atoms with E-state index in [1.54, 1.807) is 6.92 Å². The van der Waals surface area contributed by atoms with E-state index in [1.165, 1.54) is 10.9 Å². The van der Waals surface area contributed by atoms with Crippen molar-refractivity contribution in [1.82, 2.24) is 9.78 Å². The van der Waals surface area contributed by atoms with Crippen LogP contribution in [0.5, 0.6) is 0 Å². The Morgan fingerprint density at radius 3 is 2.81 bits per heavy atom. The Hall–Kier alpha value is -1.89. The Bertz CT molecular complexity index is 427. The molecular formula is C8H10ClN3O4. The number of carbonyl (C=O) groups is 1. The Labute approximate surface area is 96.9 Å². The summed E-state index contributed by atoms with van der Waals surface area (Å²) in [6.07, 6.45) is 3.42. The molecule has 1 aromatic heterocycles. The molecule has 16 heavy (non-hydrogen) atoms. The van der Waals surface area contributed by atoms with Gasteiger partial charge in [-0.25, -0.2) is 4.79 Å². The molecule has 0 aromatic carbocycles. The van der Waals surface area contributed by atoms with Gasteiger partial charge in [-0.3, -0.25) is 0 Å². The summed E-state index contributed by atoms with van der Waals surface area (Å²) in [6, 6.07) is 0. The van der Waals surface area contributed by atoms with Gasteiger partial charge >= 0.3 is 11.8 Å². The van der Waals surface area contributed by atoms with Gasteiger partial charge in [-0.1, -0.05) is 0 Å². The fraction of sp³-hybridized carbons (Fsp3) is 0.250. The molecule has 0 unspecified atom stereocenters. The number of aliphatic carboxylic acids is 1. The fourth-order valence-electron chi connectivity index (χ4n) is 1.01. The smallest absolute Gasteiger partial charge is 0.397 e. The van der Waals surface area contributed by atoms with Crippen LogP contribution in [0.1, 0.15) is 12.5 Å². The molecule has 1 N–H and O–H groups in total. The van der Waals surface area contributed by atoms with E-state index in [1.807, 2.05) is 0 Å². The molecule has 1 heterocycles. The van der Waals surface area contributed by atoms with Crippen LogP contribution < -0.4 is 0 Å². The summed E-state index contributed by atoms with van der Waals surface area (Å²) in [6.45, 7) is 2.27. The van der Waals surface area contributed by atoms with E-state index >= 15 is 0 Å². The van der Waals surface area contributed by atoms with Crippen LogP contribution in [-0.4, -0.2) is 25.8 Å². The molecule has 0 aliphatic heterocycles. The van der Waals surface area contributed by atoms with Gasteiger partial charge in [-0.05, 0) is 17.9 Å². The number of halogens is 1. The van der Waals surface area contributed by atoms with Gasteiger partial charge in [0.1, 0.15) is 0 Å². The van der Waals surface area contributed by atoms with Crippen molar-refractivity contribution in [3.8, 4) is 0 Å².